The summed E-state index contributed by atoms with van der Waals surface area (Å²) in [6.07, 6.45) is 2.37. The van der Waals surface area contributed by atoms with Crippen LogP contribution in [-0.2, 0) is 14.8 Å². The fraction of sp³-hybridized carbons (Fsp3) is 0.500. The molecule has 1 aliphatic heterocycles. The van der Waals surface area contributed by atoms with Gasteiger partial charge in [-0.1, -0.05) is 0 Å². The first-order valence-electron chi connectivity index (χ1n) is 6.56. The van der Waals surface area contributed by atoms with E-state index in [-0.39, 0.29) is 22.2 Å². The molecule has 0 radical (unpaired) electrons. The molecule has 1 aromatic rings. The quantitative estimate of drug-likeness (QED) is 0.772. The summed E-state index contributed by atoms with van der Waals surface area (Å²) in [6, 6.07) is 1.25. The number of thiophene rings is 1. The predicted molar refractivity (Wildman–Crippen MR) is 78.5 cm³/mol. The Balaban J connectivity index is 1.91. The average Bonchev–Trinajstić information content (AvgIpc) is 2.91. The van der Waals surface area contributed by atoms with Crippen molar-refractivity contribution in [3.05, 3.63) is 17.0 Å². The Hall–Kier alpha value is -1.45. The third-order valence-corrected chi connectivity index (χ3v) is 6.12. The van der Waals surface area contributed by atoms with Gasteiger partial charge in [0.15, 0.2) is 0 Å². The topological polar surface area (TPSA) is 110 Å². The maximum atomic E-state index is 12.0. The Labute approximate surface area is 127 Å². The third kappa shape index (κ3) is 4.02. The van der Waals surface area contributed by atoms with Crippen LogP contribution in [0.1, 0.15) is 29.6 Å². The van der Waals surface area contributed by atoms with E-state index in [9.17, 15) is 18.0 Å². The normalized spacial score (nSPS) is 16.2. The standard InChI is InChI=1S/C12H17N3O4S2/c13-12(17)9-7-11(20-8-9)21(18,19)14-4-6-15-5-2-1-3-10(15)16/h7-8,14H,1-6H2,(H2,13,17). The van der Waals surface area contributed by atoms with Crippen molar-refractivity contribution in [3.63, 3.8) is 0 Å². The lowest BCUT2D eigenvalue weighted by Crippen LogP contribution is -2.40. The highest BCUT2D eigenvalue weighted by Crippen LogP contribution is 2.19. The summed E-state index contributed by atoms with van der Waals surface area (Å²) in [5.74, 6) is -0.598. The van der Waals surface area contributed by atoms with Crippen LogP contribution in [0.25, 0.3) is 0 Å². The van der Waals surface area contributed by atoms with E-state index in [0.717, 1.165) is 24.2 Å². The first kappa shape index (κ1) is 15.9. The number of primary amides is 1. The molecule has 0 unspecified atom stereocenters. The van der Waals surface area contributed by atoms with Crippen molar-refractivity contribution in [2.45, 2.75) is 23.5 Å². The molecule has 1 fully saturated rings. The molecule has 0 aromatic carbocycles. The number of piperidine rings is 1. The van der Waals surface area contributed by atoms with E-state index < -0.39 is 15.9 Å². The lowest BCUT2D eigenvalue weighted by atomic mass is 10.1. The van der Waals surface area contributed by atoms with Crippen molar-refractivity contribution < 1.29 is 18.0 Å². The van der Waals surface area contributed by atoms with E-state index >= 15 is 0 Å². The number of nitrogens with one attached hydrogen (secondary N) is 1. The molecule has 21 heavy (non-hydrogen) atoms. The Kier molecular flexibility index (Phi) is 4.96. The summed E-state index contributed by atoms with van der Waals surface area (Å²) < 4.78 is 26.5. The van der Waals surface area contributed by atoms with Crippen LogP contribution in [-0.4, -0.2) is 44.8 Å². The minimum atomic E-state index is -3.67. The van der Waals surface area contributed by atoms with Gasteiger partial charge in [-0.05, 0) is 18.9 Å². The Morgan fingerprint density at radius 2 is 2.19 bits per heavy atom. The number of amides is 2. The molecule has 116 valence electrons. The number of rotatable bonds is 6. The number of nitrogens with two attached hydrogens (primary N) is 1. The van der Waals surface area contributed by atoms with E-state index in [4.69, 9.17) is 5.73 Å². The zero-order valence-electron chi connectivity index (χ0n) is 11.4. The Morgan fingerprint density at radius 1 is 1.43 bits per heavy atom. The fourth-order valence-electron chi connectivity index (χ4n) is 2.07. The number of hydrogen-bond donors (Lipinski definition) is 2. The molecule has 1 aliphatic rings. The Morgan fingerprint density at radius 3 is 2.81 bits per heavy atom. The van der Waals surface area contributed by atoms with Gasteiger partial charge in [0.25, 0.3) is 0 Å². The van der Waals surface area contributed by atoms with Crippen LogP contribution in [0.2, 0.25) is 0 Å². The van der Waals surface area contributed by atoms with Gasteiger partial charge in [0, 0.05) is 31.4 Å². The van der Waals surface area contributed by atoms with Gasteiger partial charge in [-0.15, -0.1) is 11.3 Å². The van der Waals surface area contributed by atoms with Crippen LogP contribution < -0.4 is 10.5 Å². The summed E-state index contributed by atoms with van der Waals surface area (Å²) in [7, 11) is -3.67. The first-order chi connectivity index (χ1) is 9.90. The van der Waals surface area contributed by atoms with E-state index in [0.29, 0.717) is 19.5 Å². The van der Waals surface area contributed by atoms with Crippen LogP contribution >= 0.6 is 11.3 Å². The average molecular weight is 331 g/mol. The fourth-order valence-corrected chi connectivity index (χ4v) is 4.31. The second-order valence-electron chi connectivity index (χ2n) is 4.75. The van der Waals surface area contributed by atoms with Gasteiger partial charge in [0.05, 0.1) is 5.56 Å². The monoisotopic (exact) mass is 331 g/mol. The molecule has 3 N–H and O–H groups in total. The molecule has 1 aromatic heterocycles. The van der Waals surface area contributed by atoms with Crippen molar-refractivity contribution in [3.8, 4) is 0 Å². The summed E-state index contributed by atoms with van der Waals surface area (Å²) in [6.45, 7) is 1.18. The van der Waals surface area contributed by atoms with Crippen molar-refractivity contribution in [2.24, 2.45) is 5.73 Å². The summed E-state index contributed by atoms with van der Waals surface area (Å²) in [4.78, 5) is 24.2. The maximum absolute atomic E-state index is 12.0. The second kappa shape index (κ2) is 6.54. The molecule has 7 nitrogen and oxygen atoms in total. The molecule has 0 spiro atoms. The van der Waals surface area contributed by atoms with Gasteiger partial charge in [-0.2, -0.15) is 0 Å². The summed E-state index contributed by atoms with van der Waals surface area (Å²) in [5.41, 5.74) is 5.26. The second-order valence-corrected chi connectivity index (χ2v) is 7.66. The number of carbonyl (C=O) groups is 2. The van der Waals surface area contributed by atoms with E-state index in [2.05, 4.69) is 4.72 Å². The molecule has 0 saturated carbocycles. The highest BCUT2D eigenvalue weighted by Gasteiger charge is 2.20. The largest absolute Gasteiger partial charge is 0.366 e. The van der Waals surface area contributed by atoms with Crippen LogP contribution in [0.15, 0.2) is 15.7 Å². The summed E-state index contributed by atoms with van der Waals surface area (Å²) in [5, 5.41) is 1.41. The highest BCUT2D eigenvalue weighted by atomic mass is 32.2. The number of nitrogens with zero attached hydrogens (tertiary/aromatic N) is 1. The highest BCUT2D eigenvalue weighted by molar-refractivity contribution is 7.91. The zero-order chi connectivity index (χ0) is 15.5. The molecule has 0 bridgehead atoms. The van der Waals surface area contributed by atoms with Crippen molar-refractivity contribution >= 4 is 33.2 Å². The maximum Gasteiger partial charge on any atom is 0.250 e. The number of hydrogen-bond acceptors (Lipinski definition) is 5. The van der Waals surface area contributed by atoms with Crippen molar-refractivity contribution in [2.75, 3.05) is 19.6 Å². The predicted octanol–water partition coefficient (Wildman–Crippen LogP) is 0.138. The lowest BCUT2D eigenvalue weighted by Gasteiger charge is -2.26. The summed E-state index contributed by atoms with van der Waals surface area (Å²) >= 11 is 0.940. The molecule has 2 heterocycles. The minimum absolute atomic E-state index is 0.0428. The van der Waals surface area contributed by atoms with E-state index in [1.54, 1.807) is 4.90 Å². The molecule has 2 amide bonds. The van der Waals surface area contributed by atoms with Gasteiger partial charge in [-0.25, -0.2) is 13.1 Å². The lowest BCUT2D eigenvalue weighted by molar-refractivity contribution is -0.133. The third-order valence-electron chi connectivity index (χ3n) is 3.22. The molecule has 0 atom stereocenters. The molecular weight excluding hydrogens is 314 g/mol. The number of sulfonamides is 1. The van der Waals surface area contributed by atoms with Crippen molar-refractivity contribution in [1.29, 1.82) is 0 Å². The van der Waals surface area contributed by atoms with Crippen LogP contribution in [0, 0.1) is 0 Å². The van der Waals surface area contributed by atoms with Gasteiger partial charge in [-0.3, -0.25) is 9.59 Å². The zero-order valence-corrected chi connectivity index (χ0v) is 13.0. The van der Waals surface area contributed by atoms with Crippen LogP contribution in [0.5, 0.6) is 0 Å². The van der Waals surface area contributed by atoms with E-state index in [1.807, 2.05) is 0 Å². The molecule has 0 aliphatic carbocycles. The van der Waals surface area contributed by atoms with Crippen LogP contribution in [0.4, 0.5) is 0 Å². The molecule has 1 saturated heterocycles. The molecular formula is C12H17N3O4S2. The molecule has 2 rings (SSSR count). The van der Waals surface area contributed by atoms with Gasteiger partial charge >= 0.3 is 0 Å². The number of carbonyl (C=O) groups excluding carboxylic acids is 2. The van der Waals surface area contributed by atoms with Gasteiger partial charge in [0.1, 0.15) is 4.21 Å². The molecule has 9 heteroatoms. The van der Waals surface area contributed by atoms with Crippen LogP contribution in [0.3, 0.4) is 0 Å². The van der Waals surface area contributed by atoms with E-state index in [1.165, 1.54) is 11.4 Å². The minimum Gasteiger partial charge on any atom is -0.366 e. The van der Waals surface area contributed by atoms with Gasteiger partial charge in [0.2, 0.25) is 21.8 Å². The smallest absolute Gasteiger partial charge is 0.250 e. The number of likely N-dealkylation sites (tertiary alicyclic amines) is 1. The van der Waals surface area contributed by atoms with Gasteiger partial charge < -0.3 is 10.6 Å². The Bertz CT molecular complexity index is 639. The first-order valence-corrected chi connectivity index (χ1v) is 8.92. The van der Waals surface area contributed by atoms with Crippen molar-refractivity contribution in [1.82, 2.24) is 9.62 Å². The SMILES string of the molecule is NC(=O)c1csc(S(=O)(=O)NCCN2CCCCC2=O)c1.